The van der Waals surface area contributed by atoms with E-state index < -0.39 is 17.8 Å². The van der Waals surface area contributed by atoms with E-state index in [1.165, 1.54) is 18.7 Å². The number of benzene rings is 1. The Morgan fingerprint density at radius 2 is 1.97 bits per heavy atom. The minimum absolute atomic E-state index is 0.0117. The van der Waals surface area contributed by atoms with Gasteiger partial charge in [-0.2, -0.15) is 0 Å². The van der Waals surface area contributed by atoms with Crippen molar-refractivity contribution in [3.63, 3.8) is 0 Å². The summed E-state index contributed by atoms with van der Waals surface area (Å²) >= 11 is 1.26. The fraction of sp³-hybridized carbons (Fsp3) is 0.318. The van der Waals surface area contributed by atoms with Crippen LogP contribution in [0, 0.1) is 6.92 Å². The molecule has 4 rings (SSSR count). The summed E-state index contributed by atoms with van der Waals surface area (Å²) in [7, 11) is 0. The van der Waals surface area contributed by atoms with Crippen molar-refractivity contribution in [3.8, 4) is 0 Å². The minimum atomic E-state index is -0.899. The largest absolute Gasteiger partial charge is 0.462 e. The van der Waals surface area contributed by atoms with Crippen LogP contribution >= 0.6 is 11.8 Å². The number of hydrogen-bond acceptors (Lipinski definition) is 8. The zero-order valence-electron chi connectivity index (χ0n) is 17.6. The molecule has 2 heterocycles. The Bertz CT molecular complexity index is 1220. The predicted molar refractivity (Wildman–Crippen MR) is 119 cm³/mol. The standard InChI is InChI=1S/C22H22N4O5S/c1-3-30-22(29)16-11(2)31-20(17(16)18(23)28)25-15(27)10-32-21-13-6-4-5-7-14(13)24-19(26-21)12-8-9-12/h4-7,12H,3,8-10H2,1-2H3,(H2,23,28)(H,25,27). The highest BCUT2D eigenvalue weighted by Gasteiger charge is 2.30. The van der Waals surface area contributed by atoms with Gasteiger partial charge in [0.25, 0.3) is 5.91 Å². The summed E-state index contributed by atoms with van der Waals surface area (Å²) in [4.78, 5) is 46.1. The number of amides is 2. The Hall–Kier alpha value is -3.40. The Labute approximate surface area is 188 Å². The highest BCUT2D eigenvalue weighted by molar-refractivity contribution is 8.00. The summed E-state index contributed by atoms with van der Waals surface area (Å²) in [5, 5.41) is 4.12. The molecule has 0 aliphatic heterocycles. The van der Waals surface area contributed by atoms with Crippen molar-refractivity contribution in [2.24, 2.45) is 5.73 Å². The van der Waals surface area contributed by atoms with Crippen LogP contribution in [0.3, 0.4) is 0 Å². The van der Waals surface area contributed by atoms with Crippen LogP contribution in [0.2, 0.25) is 0 Å². The maximum absolute atomic E-state index is 12.6. The summed E-state index contributed by atoms with van der Waals surface area (Å²) in [6.45, 7) is 3.26. The van der Waals surface area contributed by atoms with Crippen molar-refractivity contribution in [1.29, 1.82) is 0 Å². The van der Waals surface area contributed by atoms with E-state index in [0.29, 0.717) is 10.9 Å². The molecular weight excluding hydrogens is 432 g/mol. The molecule has 9 nitrogen and oxygen atoms in total. The average Bonchev–Trinajstić information content (AvgIpc) is 3.55. The van der Waals surface area contributed by atoms with Gasteiger partial charge in [0.2, 0.25) is 11.8 Å². The lowest BCUT2D eigenvalue weighted by atomic mass is 10.1. The van der Waals surface area contributed by atoms with Crippen LogP contribution in [0.5, 0.6) is 0 Å². The zero-order valence-corrected chi connectivity index (χ0v) is 18.5. The van der Waals surface area contributed by atoms with E-state index in [1.54, 1.807) is 6.92 Å². The van der Waals surface area contributed by atoms with Crippen molar-refractivity contribution >= 4 is 46.3 Å². The van der Waals surface area contributed by atoms with Crippen LogP contribution in [0.1, 0.15) is 58.0 Å². The van der Waals surface area contributed by atoms with Crippen LogP contribution in [-0.4, -0.2) is 40.1 Å². The van der Waals surface area contributed by atoms with Gasteiger partial charge in [-0.25, -0.2) is 14.8 Å². The third-order valence-corrected chi connectivity index (χ3v) is 5.92. The topological polar surface area (TPSA) is 137 Å². The number of esters is 1. The fourth-order valence-corrected chi connectivity index (χ4v) is 4.14. The van der Waals surface area contributed by atoms with Crippen LogP contribution in [0.4, 0.5) is 5.88 Å². The van der Waals surface area contributed by atoms with Gasteiger partial charge in [-0.05, 0) is 32.8 Å². The number of para-hydroxylation sites is 1. The molecular formula is C22H22N4O5S. The fourth-order valence-electron chi connectivity index (χ4n) is 3.31. The molecule has 1 aromatic carbocycles. The highest BCUT2D eigenvalue weighted by Crippen LogP contribution is 2.39. The number of ether oxygens (including phenoxy) is 1. The summed E-state index contributed by atoms with van der Waals surface area (Å²) in [6, 6.07) is 7.65. The lowest BCUT2D eigenvalue weighted by Gasteiger charge is -2.08. The Morgan fingerprint density at radius 3 is 2.66 bits per heavy atom. The van der Waals surface area contributed by atoms with Crippen molar-refractivity contribution < 1.29 is 23.5 Å². The summed E-state index contributed by atoms with van der Waals surface area (Å²) in [5.74, 6) is -0.927. The van der Waals surface area contributed by atoms with E-state index in [2.05, 4.69) is 15.3 Å². The highest BCUT2D eigenvalue weighted by atomic mass is 32.2. The Morgan fingerprint density at radius 1 is 1.22 bits per heavy atom. The first-order chi connectivity index (χ1) is 15.4. The molecule has 2 amide bonds. The van der Waals surface area contributed by atoms with Gasteiger partial charge >= 0.3 is 5.97 Å². The van der Waals surface area contributed by atoms with Crippen LogP contribution < -0.4 is 11.1 Å². The minimum Gasteiger partial charge on any atom is -0.462 e. The first kappa shape index (κ1) is 21.8. The number of nitrogens with one attached hydrogen (secondary N) is 1. The van der Waals surface area contributed by atoms with Crippen molar-refractivity contribution in [1.82, 2.24) is 9.97 Å². The molecule has 1 aliphatic rings. The molecule has 3 N–H and O–H groups in total. The van der Waals surface area contributed by atoms with E-state index in [4.69, 9.17) is 14.9 Å². The zero-order chi connectivity index (χ0) is 22.8. The number of fused-ring (bicyclic) bond motifs is 1. The molecule has 0 radical (unpaired) electrons. The lowest BCUT2D eigenvalue weighted by Crippen LogP contribution is -2.21. The summed E-state index contributed by atoms with van der Waals surface area (Å²) < 4.78 is 10.4. The first-order valence-corrected chi connectivity index (χ1v) is 11.2. The third-order valence-electron chi connectivity index (χ3n) is 4.93. The second-order valence-corrected chi connectivity index (χ2v) is 8.30. The molecule has 1 saturated carbocycles. The SMILES string of the molecule is CCOC(=O)c1c(C)oc(NC(=O)CSc2nc(C3CC3)nc3ccccc23)c1C(N)=O. The number of aromatic nitrogens is 2. The molecule has 0 unspecified atom stereocenters. The van der Waals surface area contributed by atoms with Gasteiger partial charge in [0.05, 0.1) is 17.9 Å². The molecule has 10 heteroatoms. The predicted octanol–water partition coefficient (Wildman–Crippen LogP) is 3.42. The molecule has 2 aromatic heterocycles. The van der Waals surface area contributed by atoms with Crippen molar-refractivity contribution in [3.05, 3.63) is 47.0 Å². The van der Waals surface area contributed by atoms with Gasteiger partial charge in [0.15, 0.2) is 0 Å². The number of anilines is 1. The normalized spacial score (nSPS) is 13.2. The number of nitrogens with zero attached hydrogens (tertiary/aromatic N) is 2. The molecule has 32 heavy (non-hydrogen) atoms. The number of primary amides is 1. The number of carbonyl (C=O) groups is 3. The van der Waals surface area contributed by atoms with Gasteiger partial charge in [-0.15, -0.1) is 0 Å². The second kappa shape index (κ2) is 8.99. The maximum Gasteiger partial charge on any atom is 0.342 e. The molecule has 166 valence electrons. The quantitative estimate of drug-likeness (QED) is 0.300. The maximum atomic E-state index is 12.6. The average molecular weight is 455 g/mol. The van der Waals surface area contributed by atoms with Gasteiger partial charge in [-0.1, -0.05) is 30.0 Å². The smallest absolute Gasteiger partial charge is 0.342 e. The Kier molecular flexibility index (Phi) is 6.13. The summed E-state index contributed by atoms with van der Waals surface area (Å²) in [5.41, 5.74) is 5.98. The van der Waals surface area contributed by atoms with Gasteiger partial charge in [0.1, 0.15) is 27.7 Å². The van der Waals surface area contributed by atoms with E-state index >= 15 is 0 Å². The molecule has 0 saturated heterocycles. The van der Waals surface area contributed by atoms with E-state index in [0.717, 1.165) is 29.6 Å². The van der Waals surface area contributed by atoms with Crippen molar-refractivity contribution in [2.45, 2.75) is 37.6 Å². The molecule has 0 atom stereocenters. The van der Waals surface area contributed by atoms with Crippen LogP contribution in [0.15, 0.2) is 33.7 Å². The van der Waals surface area contributed by atoms with E-state index in [9.17, 15) is 14.4 Å². The number of thioether (sulfide) groups is 1. The molecule has 3 aromatic rings. The van der Waals surface area contributed by atoms with Crippen LogP contribution in [-0.2, 0) is 9.53 Å². The van der Waals surface area contributed by atoms with Gasteiger partial charge in [0, 0.05) is 11.3 Å². The monoisotopic (exact) mass is 454 g/mol. The number of nitrogens with two attached hydrogens (primary N) is 1. The number of aryl methyl sites for hydroxylation is 1. The van der Waals surface area contributed by atoms with Crippen molar-refractivity contribution in [2.75, 3.05) is 17.7 Å². The lowest BCUT2D eigenvalue weighted by molar-refractivity contribution is -0.113. The number of hydrogen-bond donors (Lipinski definition) is 2. The third kappa shape index (κ3) is 4.45. The molecule has 0 spiro atoms. The molecule has 0 bridgehead atoms. The molecule has 1 aliphatic carbocycles. The van der Waals surface area contributed by atoms with Crippen LogP contribution in [0.25, 0.3) is 10.9 Å². The van der Waals surface area contributed by atoms with E-state index in [1.807, 2.05) is 24.3 Å². The van der Waals surface area contributed by atoms with Gasteiger partial charge in [-0.3, -0.25) is 14.9 Å². The van der Waals surface area contributed by atoms with Gasteiger partial charge < -0.3 is 14.9 Å². The number of furan rings is 1. The number of carbonyl (C=O) groups excluding carboxylic acids is 3. The number of rotatable bonds is 8. The second-order valence-electron chi connectivity index (χ2n) is 7.34. The first-order valence-electron chi connectivity index (χ1n) is 10.2. The molecule has 1 fully saturated rings. The van der Waals surface area contributed by atoms with E-state index in [-0.39, 0.29) is 35.1 Å². The summed E-state index contributed by atoms with van der Waals surface area (Å²) in [6.07, 6.45) is 2.14. The Balaban J connectivity index is 1.54.